The molecule has 0 amide bonds. The lowest BCUT2D eigenvalue weighted by molar-refractivity contribution is 0.310. The maximum Gasteiger partial charge on any atom is 0.438 e. The summed E-state index contributed by atoms with van der Waals surface area (Å²) in [6.45, 7) is 2.88. The van der Waals surface area contributed by atoms with Crippen LogP contribution >= 0.6 is 0 Å². The van der Waals surface area contributed by atoms with Crippen molar-refractivity contribution in [3.8, 4) is 0 Å². The van der Waals surface area contributed by atoms with Gasteiger partial charge in [-0.05, 0) is 25.9 Å². The average Bonchev–Trinajstić information content (AvgIpc) is 2.63. The molecule has 66 valence electrons. The average molecular weight is 169 g/mol. The molecule has 1 aromatic rings. The lowest BCUT2D eigenvalue weighted by Crippen LogP contribution is -2.19. The van der Waals surface area contributed by atoms with Gasteiger partial charge in [-0.3, -0.25) is 14.4 Å². The predicted molar refractivity (Wildman–Crippen MR) is 41.6 cm³/mol. The van der Waals surface area contributed by atoms with Crippen LogP contribution in [0.15, 0.2) is 9.32 Å². The van der Waals surface area contributed by atoms with Crippen molar-refractivity contribution >= 4 is 0 Å². The van der Waals surface area contributed by atoms with Gasteiger partial charge in [-0.1, -0.05) is 5.16 Å². The van der Waals surface area contributed by atoms with Gasteiger partial charge >= 0.3 is 5.76 Å². The summed E-state index contributed by atoms with van der Waals surface area (Å²) in [6, 6.07) is 0. The van der Waals surface area contributed by atoms with E-state index in [1.807, 2.05) is 0 Å². The first-order valence-electron chi connectivity index (χ1n) is 4.12. The van der Waals surface area contributed by atoms with Crippen molar-refractivity contribution in [1.29, 1.82) is 0 Å². The largest absolute Gasteiger partial charge is 0.438 e. The van der Waals surface area contributed by atoms with Gasteiger partial charge in [0.1, 0.15) is 0 Å². The second-order valence-electron chi connectivity index (χ2n) is 3.02. The van der Waals surface area contributed by atoms with Crippen LogP contribution in [-0.2, 0) is 6.54 Å². The minimum Gasteiger partial charge on any atom is -0.296 e. The van der Waals surface area contributed by atoms with Crippen LogP contribution in [0.2, 0.25) is 0 Å². The molecule has 1 aliphatic heterocycles. The molecular weight excluding hydrogens is 158 g/mol. The van der Waals surface area contributed by atoms with Crippen LogP contribution in [0.25, 0.3) is 0 Å². The van der Waals surface area contributed by atoms with E-state index in [0.717, 1.165) is 13.1 Å². The van der Waals surface area contributed by atoms with Gasteiger partial charge in [0.15, 0.2) is 5.82 Å². The number of H-pyrrole nitrogens is 1. The Morgan fingerprint density at radius 1 is 1.50 bits per heavy atom. The van der Waals surface area contributed by atoms with E-state index >= 15 is 0 Å². The van der Waals surface area contributed by atoms with E-state index in [0.29, 0.717) is 12.4 Å². The lowest BCUT2D eigenvalue weighted by atomic mass is 10.4. The van der Waals surface area contributed by atoms with E-state index in [1.54, 1.807) is 0 Å². The predicted octanol–water partition coefficient (Wildman–Crippen LogP) is -0.0413. The third kappa shape index (κ3) is 1.55. The molecule has 1 aliphatic rings. The summed E-state index contributed by atoms with van der Waals surface area (Å²) in [7, 11) is 0. The van der Waals surface area contributed by atoms with Crippen LogP contribution < -0.4 is 5.76 Å². The fourth-order valence-corrected chi connectivity index (χ4v) is 1.48. The summed E-state index contributed by atoms with van der Waals surface area (Å²) in [5.41, 5.74) is 0. The van der Waals surface area contributed by atoms with Crippen LogP contribution in [0.5, 0.6) is 0 Å². The Balaban J connectivity index is 1.98. The molecule has 0 aliphatic carbocycles. The summed E-state index contributed by atoms with van der Waals surface area (Å²) in [4.78, 5) is 15.3. The van der Waals surface area contributed by atoms with Crippen LogP contribution in [0.3, 0.4) is 0 Å². The van der Waals surface area contributed by atoms with Gasteiger partial charge in [0.05, 0.1) is 6.54 Å². The molecular formula is C7H11N3O2. The van der Waals surface area contributed by atoms with E-state index in [1.165, 1.54) is 12.8 Å². The van der Waals surface area contributed by atoms with Crippen molar-refractivity contribution < 1.29 is 4.52 Å². The number of rotatable bonds is 2. The van der Waals surface area contributed by atoms with Gasteiger partial charge in [0.25, 0.3) is 0 Å². The number of nitrogens with one attached hydrogen (secondary N) is 1. The van der Waals surface area contributed by atoms with Gasteiger partial charge in [0.2, 0.25) is 0 Å². The van der Waals surface area contributed by atoms with Crippen LogP contribution in [-0.4, -0.2) is 28.1 Å². The summed E-state index contributed by atoms with van der Waals surface area (Å²) in [5.74, 6) is 0.158. The Hall–Kier alpha value is -1.10. The molecule has 0 bridgehead atoms. The minimum absolute atomic E-state index is 0.468. The van der Waals surface area contributed by atoms with Crippen LogP contribution in [0, 0.1) is 0 Å². The SMILES string of the molecule is O=c1[nH]c(CN2CCCC2)no1. The van der Waals surface area contributed by atoms with E-state index < -0.39 is 5.76 Å². The maximum absolute atomic E-state index is 10.6. The Morgan fingerprint density at radius 3 is 2.83 bits per heavy atom. The molecule has 5 nitrogen and oxygen atoms in total. The third-order valence-electron chi connectivity index (χ3n) is 2.06. The second kappa shape index (κ2) is 3.10. The highest BCUT2D eigenvalue weighted by atomic mass is 16.5. The highest BCUT2D eigenvalue weighted by Gasteiger charge is 2.13. The monoisotopic (exact) mass is 169 g/mol. The Kier molecular flexibility index (Phi) is 1.95. The Labute approximate surface area is 69.4 Å². The van der Waals surface area contributed by atoms with Crippen molar-refractivity contribution in [3.05, 3.63) is 16.4 Å². The number of hydrogen-bond acceptors (Lipinski definition) is 4. The van der Waals surface area contributed by atoms with Crippen LogP contribution in [0.4, 0.5) is 0 Å². The summed E-state index contributed by atoms with van der Waals surface area (Å²) in [5, 5.41) is 3.59. The van der Waals surface area contributed by atoms with E-state index in [4.69, 9.17) is 0 Å². The molecule has 0 saturated carbocycles. The quantitative estimate of drug-likeness (QED) is 0.674. The molecule has 1 aromatic heterocycles. The molecule has 0 aromatic carbocycles. The Morgan fingerprint density at radius 2 is 2.25 bits per heavy atom. The molecule has 5 heteroatoms. The smallest absolute Gasteiger partial charge is 0.296 e. The molecule has 2 heterocycles. The first kappa shape index (κ1) is 7.54. The number of aromatic nitrogens is 2. The summed E-state index contributed by atoms with van der Waals surface area (Å²) in [6.07, 6.45) is 2.48. The summed E-state index contributed by atoms with van der Waals surface area (Å²) < 4.78 is 4.39. The topological polar surface area (TPSA) is 62.1 Å². The Bertz CT molecular complexity index is 298. The zero-order chi connectivity index (χ0) is 8.39. The molecule has 1 N–H and O–H groups in total. The molecule has 0 atom stereocenters. The second-order valence-corrected chi connectivity index (χ2v) is 3.02. The van der Waals surface area contributed by atoms with Crippen molar-refractivity contribution in [2.24, 2.45) is 0 Å². The molecule has 0 unspecified atom stereocenters. The summed E-state index contributed by atoms with van der Waals surface area (Å²) >= 11 is 0. The lowest BCUT2D eigenvalue weighted by Gasteiger charge is -2.10. The molecule has 1 fully saturated rings. The minimum atomic E-state index is -0.468. The van der Waals surface area contributed by atoms with Gasteiger partial charge < -0.3 is 0 Å². The fourth-order valence-electron chi connectivity index (χ4n) is 1.48. The number of hydrogen-bond donors (Lipinski definition) is 1. The van der Waals surface area contributed by atoms with Gasteiger partial charge in [0, 0.05) is 0 Å². The van der Waals surface area contributed by atoms with Crippen molar-refractivity contribution in [2.45, 2.75) is 19.4 Å². The van der Waals surface area contributed by atoms with Gasteiger partial charge in [-0.25, -0.2) is 4.79 Å². The first-order valence-corrected chi connectivity index (χ1v) is 4.12. The van der Waals surface area contributed by atoms with Crippen molar-refractivity contribution in [2.75, 3.05) is 13.1 Å². The van der Waals surface area contributed by atoms with Crippen molar-refractivity contribution in [3.63, 3.8) is 0 Å². The van der Waals surface area contributed by atoms with E-state index in [9.17, 15) is 4.79 Å². The maximum atomic E-state index is 10.6. The molecule has 0 spiro atoms. The molecule has 0 radical (unpaired) electrons. The fraction of sp³-hybridized carbons (Fsp3) is 0.714. The van der Waals surface area contributed by atoms with Crippen LogP contribution in [0.1, 0.15) is 18.7 Å². The molecule has 2 rings (SSSR count). The number of likely N-dealkylation sites (tertiary alicyclic amines) is 1. The first-order chi connectivity index (χ1) is 5.84. The van der Waals surface area contributed by atoms with Crippen molar-refractivity contribution in [1.82, 2.24) is 15.0 Å². The zero-order valence-corrected chi connectivity index (χ0v) is 6.75. The molecule has 1 saturated heterocycles. The molecule has 12 heavy (non-hydrogen) atoms. The highest BCUT2D eigenvalue weighted by Crippen LogP contribution is 2.08. The number of nitrogens with zero attached hydrogens (tertiary/aromatic N) is 2. The van der Waals surface area contributed by atoms with Gasteiger partial charge in [-0.15, -0.1) is 0 Å². The number of aromatic amines is 1. The normalized spacial score (nSPS) is 18.7. The van der Waals surface area contributed by atoms with E-state index in [-0.39, 0.29) is 0 Å². The third-order valence-corrected chi connectivity index (χ3v) is 2.06. The standard InChI is InChI=1S/C7H11N3O2/c11-7-8-6(9-12-7)5-10-3-1-2-4-10/h1-5H2,(H,8,9,11). The highest BCUT2D eigenvalue weighted by molar-refractivity contribution is 4.80. The van der Waals surface area contributed by atoms with Gasteiger partial charge in [-0.2, -0.15) is 0 Å². The van der Waals surface area contributed by atoms with E-state index in [2.05, 4.69) is 19.6 Å². The zero-order valence-electron chi connectivity index (χ0n) is 6.75.